The Morgan fingerprint density at radius 3 is 2.86 bits per heavy atom. The number of aliphatic hydroxyl groups excluding tert-OH is 1. The largest absolute Gasteiger partial charge is 0.393 e. The van der Waals surface area contributed by atoms with Gasteiger partial charge in [0.2, 0.25) is 0 Å². The Hall–Kier alpha value is -0.870. The van der Waals surface area contributed by atoms with Gasteiger partial charge in [0.25, 0.3) is 0 Å². The van der Waals surface area contributed by atoms with E-state index in [1.807, 2.05) is 20.2 Å². The number of ether oxygens (including phenoxy) is 1. The van der Waals surface area contributed by atoms with Crippen LogP contribution in [0.5, 0.6) is 0 Å². The molecule has 1 aromatic heterocycles. The summed E-state index contributed by atoms with van der Waals surface area (Å²) in [4.78, 5) is 0. The molecule has 0 aliphatic carbocycles. The lowest BCUT2D eigenvalue weighted by atomic mass is 10.1. The number of aryl methyl sites for hydroxylation is 1. The molecule has 14 heavy (non-hydrogen) atoms. The highest BCUT2D eigenvalue weighted by Crippen LogP contribution is 2.08. The zero-order valence-corrected chi connectivity index (χ0v) is 8.97. The topological polar surface area (TPSA) is 47.3 Å². The van der Waals surface area contributed by atoms with Crippen molar-refractivity contribution in [3.63, 3.8) is 0 Å². The standard InChI is InChI=1S/C10H18N2O2/c1-8(14-3)4-10(13)5-9-6-11-12(2)7-9/h6-8,10,13H,4-5H2,1-3H3. The fourth-order valence-corrected chi connectivity index (χ4v) is 1.41. The first-order valence-electron chi connectivity index (χ1n) is 4.80. The molecule has 0 amide bonds. The molecule has 4 heteroatoms. The third-order valence-corrected chi connectivity index (χ3v) is 2.24. The molecular weight excluding hydrogens is 180 g/mol. The van der Waals surface area contributed by atoms with Crippen LogP contribution in [-0.2, 0) is 18.2 Å². The molecule has 1 N–H and O–H groups in total. The molecule has 0 aliphatic heterocycles. The Labute approximate surface area is 84.5 Å². The minimum Gasteiger partial charge on any atom is -0.393 e. The maximum atomic E-state index is 9.70. The van der Waals surface area contributed by atoms with Gasteiger partial charge in [0.1, 0.15) is 0 Å². The second-order valence-electron chi connectivity index (χ2n) is 3.66. The SMILES string of the molecule is COC(C)CC(O)Cc1cnn(C)c1. The van der Waals surface area contributed by atoms with Gasteiger partial charge in [-0.05, 0) is 18.9 Å². The Balaban J connectivity index is 2.37. The predicted molar refractivity (Wildman–Crippen MR) is 54.0 cm³/mol. The van der Waals surface area contributed by atoms with Crippen LogP contribution >= 0.6 is 0 Å². The third kappa shape index (κ3) is 3.47. The van der Waals surface area contributed by atoms with Gasteiger partial charge in [-0.2, -0.15) is 5.10 Å². The first kappa shape index (κ1) is 11.2. The Morgan fingerprint density at radius 1 is 1.64 bits per heavy atom. The van der Waals surface area contributed by atoms with Crippen molar-refractivity contribution in [3.8, 4) is 0 Å². The van der Waals surface area contributed by atoms with E-state index >= 15 is 0 Å². The van der Waals surface area contributed by atoms with Crippen molar-refractivity contribution in [1.29, 1.82) is 0 Å². The zero-order valence-electron chi connectivity index (χ0n) is 8.97. The van der Waals surface area contributed by atoms with Crippen molar-refractivity contribution < 1.29 is 9.84 Å². The van der Waals surface area contributed by atoms with Crippen molar-refractivity contribution in [2.75, 3.05) is 7.11 Å². The summed E-state index contributed by atoms with van der Waals surface area (Å²) in [7, 11) is 3.52. The molecule has 2 unspecified atom stereocenters. The van der Waals surface area contributed by atoms with Crippen LogP contribution in [0.1, 0.15) is 18.9 Å². The van der Waals surface area contributed by atoms with Gasteiger partial charge in [0.15, 0.2) is 0 Å². The van der Waals surface area contributed by atoms with E-state index in [0.717, 1.165) is 5.56 Å². The molecule has 0 saturated heterocycles. The molecule has 80 valence electrons. The van der Waals surface area contributed by atoms with Crippen LogP contribution in [0.4, 0.5) is 0 Å². The molecule has 2 atom stereocenters. The van der Waals surface area contributed by atoms with Gasteiger partial charge in [-0.1, -0.05) is 0 Å². The molecule has 1 rings (SSSR count). The van der Waals surface area contributed by atoms with Crippen LogP contribution in [0.2, 0.25) is 0 Å². The van der Waals surface area contributed by atoms with Crippen LogP contribution in [0, 0.1) is 0 Å². The van der Waals surface area contributed by atoms with E-state index in [-0.39, 0.29) is 12.2 Å². The van der Waals surface area contributed by atoms with E-state index in [2.05, 4.69) is 5.10 Å². The molecule has 1 aromatic rings. The summed E-state index contributed by atoms with van der Waals surface area (Å²) in [5.74, 6) is 0. The van der Waals surface area contributed by atoms with Gasteiger partial charge in [-0.3, -0.25) is 4.68 Å². The van der Waals surface area contributed by atoms with Crippen LogP contribution in [0.25, 0.3) is 0 Å². The fraction of sp³-hybridized carbons (Fsp3) is 0.700. The summed E-state index contributed by atoms with van der Waals surface area (Å²) in [6.45, 7) is 1.95. The van der Waals surface area contributed by atoms with Gasteiger partial charge >= 0.3 is 0 Å². The fourth-order valence-electron chi connectivity index (χ4n) is 1.41. The normalized spacial score (nSPS) is 15.4. The maximum absolute atomic E-state index is 9.70. The number of methoxy groups -OCH3 is 1. The molecule has 0 saturated carbocycles. The van der Waals surface area contributed by atoms with Crippen molar-refractivity contribution in [3.05, 3.63) is 18.0 Å². The minimum atomic E-state index is -0.353. The number of rotatable bonds is 5. The summed E-state index contributed by atoms with van der Waals surface area (Å²) >= 11 is 0. The number of nitrogens with zero attached hydrogens (tertiary/aromatic N) is 2. The summed E-state index contributed by atoms with van der Waals surface area (Å²) in [6, 6.07) is 0. The van der Waals surface area contributed by atoms with Gasteiger partial charge in [0.05, 0.1) is 18.4 Å². The van der Waals surface area contributed by atoms with E-state index in [0.29, 0.717) is 12.8 Å². The summed E-state index contributed by atoms with van der Waals surface area (Å²) in [5.41, 5.74) is 1.06. The number of hydrogen-bond acceptors (Lipinski definition) is 3. The van der Waals surface area contributed by atoms with Crippen molar-refractivity contribution in [2.45, 2.75) is 32.0 Å². The van der Waals surface area contributed by atoms with Crippen molar-refractivity contribution >= 4 is 0 Å². The van der Waals surface area contributed by atoms with Crippen molar-refractivity contribution in [2.24, 2.45) is 7.05 Å². The van der Waals surface area contributed by atoms with Crippen molar-refractivity contribution in [1.82, 2.24) is 9.78 Å². The van der Waals surface area contributed by atoms with Crippen LogP contribution in [-0.4, -0.2) is 34.2 Å². The highest BCUT2D eigenvalue weighted by molar-refractivity contribution is 5.04. The Bertz CT molecular complexity index is 273. The van der Waals surface area contributed by atoms with E-state index in [4.69, 9.17) is 4.74 Å². The van der Waals surface area contributed by atoms with E-state index < -0.39 is 0 Å². The van der Waals surface area contributed by atoms with E-state index in [1.165, 1.54) is 0 Å². The first-order valence-corrected chi connectivity index (χ1v) is 4.80. The lowest BCUT2D eigenvalue weighted by Gasteiger charge is -2.14. The third-order valence-electron chi connectivity index (χ3n) is 2.24. The van der Waals surface area contributed by atoms with Crippen LogP contribution < -0.4 is 0 Å². The number of hydrogen-bond donors (Lipinski definition) is 1. The smallest absolute Gasteiger partial charge is 0.0606 e. The molecule has 0 fully saturated rings. The lowest BCUT2D eigenvalue weighted by molar-refractivity contribution is 0.0565. The van der Waals surface area contributed by atoms with E-state index in [1.54, 1.807) is 18.0 Å². The van der Waals surface area contributed by atoms with Gasteiger partial charge < -0.3 is 9.84 Å². The summed E-state index contributed by atoms with van der Waals surface area (Å²) in [6.07, 6.45) is 4.74. The highest BCUT2D eigenvalue weighted by atomic mass is 16.5. The summed E-state index contributed by atoms with van der Waals surface area (Å²) in [5, 5.41) is 13.7. The van der Waals surface area contributed by atoms with Crippen LogP contribution in [0.3, 0.4) is 0 Å². The lowest BCUT2D eigenvalue weighted by Crippen LogP contribution is -2.18. The predicted octanol–water partition coefficient (Wildman–Crippen LogP) is 0.748. The molecular formula is C10H18N2O2. The average Bonchev–Trinajstić information content (AvgIpc) is 2.50. The maximum Gasteiger partial charge on any atom is 0.0606 e. The second kappa shape index (κ2) is 5.12. The molecule has 1 heterocycles. The number of aromatic nitrogens is 2. The molecule has 0 aromatic carbocycles. The Kier molecular flexibility index (Phi) is 4.10. The first-order chi connectivity index (χ1) is 6.61. The van der Waals surface area contributed by atoms with Gasteiger partial charge in [0, 0.05) is 26.8 Å². The summed E-state index contributed by atoms with van der Waals surface area (Å²) < 4.78 is 6.82. The molecule has 0 bridgehead atoms. The molecule has 0 radical (unpaired) electrons. The van der Waals surface area contributed by atoms with E-state index in [9.17, 15) is 5.11 Å². The molecule has 4 nitrogen and oxygen atoms in total. The highest BCUT2D eigenvalue weighted by Gasteiger charge is 2.11. The number of aliphatic hydroxyl groups is 1. The zero-order chi connectivity index (χ0) is 10.6. The quantitative estimate of drug-likeness (QED) is 0.759. The Morgan fingerprint density at radius 2 is 2.36 bits per heavy atom. The second-order valence-corrected chi connectivity index (χ2v) is 3.66. The van der Waals surface area contributed by atoms with Gasteiger partial charge in [-0.25, -0.2) is 0 Å². The average molecular weight is 198 g/mol. The van der Waals surface area contributed by atoms with Crippen LogP contribution in [0.15, 0.2) is 12.4 Å². The molecule has 0 spiro atoms. The monoisotopic (exact) mass is 198 g/mol. The molecule has 0 aliphatic rings. The van der Waals surface area contributed by atoms with Gasteiger partial charge in [-0.15, -0.1) is 0 Å². The minimum absolute atomic E-state index is 0.0988.